The third-order valence-corrected chi connectivity index (χ3v) is 3.11. The maximum absolute atomic E-state index is 11.9. The zero-order chi connectivity index (χ0) is 13.7. The second-order valence-corrected chi connectivity index (χ2v) is 4.62. The van der Waals surface area contributed by atoms with Gasteiger partial charge in [-0.25, -0.2) is 0 Å². The van der Waals surface area contributed by atoms with E-state index in [1.54, 1.807) is 19.1 Å². The highest BCUT2D eigenvalue weighted by molar-refractivity contribution is 9.10. The van der Waals surface area contributed by atoms with Crippen molar-refractivity contribution in [2.45, 2.75) is 19.3 Å². The monoisotopic (exact) mass is 317 g/mol. The Morgan fingerprint density at radius 2 is 2.00 bits per heavy atom. The van der Waals surface area contributed by atoms with E-state index in [1.165, 1.54) is 20.3 Å². The van der Waals surface area contributed by atoms with Gasteiger partial charge in [0.1, 0.15) is 5.75 Å². The lowest BCUT2D eigenvalue weighted by Gasteiger charge is -2.22. The van der Waals surface area contributed by atoms with Gasteiger partial charge < -0.3 is 19.9 Å². The Hall–Kier alpha value is -1.11. The number of phenolic OH excluding ortho intramolecular Hbond substituents is 1. The molecule has 0 saturated heterocycles. The van der Waals surface area contributed by atoms with Crippen molar-refractivity contribution < 1.29 is 19.4 Å². The highest BCUT2D eigenvalue weighted by Gasteiger charge is 2.19. The first kappa shape index (κ1) is 14.9. The van der Waals surface area contributed by atoms with Crippen LogP contribution in [0.5, 0.6) is 5.75 Å². The lowest BCUT2D eigenvalue weighted by Crippen LogP contribution is -2.42. The van der Waals surface area contributed by atoms with Gasteiger partial charge in [-0.3, -0.25) is 4.79 Å². The van der Waals surface area contributed by atoms with Gasteiger partial charge in [-0.2, -0.15) is 0 Å². The van der Waals surface area contributed by atoms with E-state index < -0.39 is 6.29 Å². The molecular weight excluding hydrogens is 302 g/mol. The summed E-state index contributed by atoms with van der Waals surface area (Å²) in [6.07, 6.45) is -0.516. The van der Waals surface area contributed by atoms with E-state index in [9.17, 15) is 9.90 Å². The van der Waals surface area contributed by atoms with Crippen molar-refractivity contribution in [3.8, 4) is 5.75 Å². The molecule has 1 aromatic rings. The van der Waals surface area contributed by atoms with Crippen LogP contribution in [-0.2, 0) is 9.47 Å². The molecule has 1 amide bonds. The number of rotatable bonds is 5. The van der Waals surface area contributed by atoms with Gasteiger partial charge in [-0.15, -0.1) is 0 Å². The second-order valence-electron chi connectivity index (χ2n) is 3.77. The number of hydrogen-bond donors (Lipinski definition) is 2. The lowest BCUT2D eigenvalue weighted by atomic mass is 10.2. The molecule has 1 atom stereocenters. The first-order valence-electron chi connectivity index (χ1n) is 5.34. The normalized spacial score (nSPS) is 12.5. The number of ether oxygens (including phenoxy) is 2. The molecule has 2 N–H and O–H groups in total. The predicted octanol–water partition coefficient (Wildman–Crippen LogP) is 1.89. The Morgan fingerprint density at radius 1 is 1.39 bits per heavy atom. The van der Waals surface area contributed by atoms with Crippen LogP contribution in [0.2, 0.25) is 0 Å². The molecule has 6 heteroatoms. The molecule has 0 aromatic heterocycles. The van der Waals surface area contributed by atoms with Gasteiger partial charge >= 0.3 is 0 Å². The summed E-state index contributed by atoms with van der Waals surface area (Å²) in [5, 5.41) is 12.2. The van der Waals surface area contributed by atoms with E-state index in [-0.39, 0.29) is 17.7 Å². The molecule has 1 aromatic carbocycles. The molecule has 0 aliphatic carbocycles. The Morgan fingerprint density at radius 3 is 2.50 bits per heavy atom. The van der Waals surface area contributed by atoms with Crippen molar-refractivity contribution in [2.75, 3.05) is 14.2 Å². The zero-order valence-corrected chi connectivity index (χ0v) is 12.0. The summed E-state index contributed by atoms with van der Waals surface area (Å²) in [7, 11) is 3.00. The van der Waals surface area contributed by atoms with Gasteiger partial charge in [-0.05, 0) is 41.1 Å². The van der Waals surface area contributed by atoms with E-state index in [4.69, 9.17) is 9.47 Å². The Balaban J connectivity index is 2.73. The van der Waals surface area contributed by atoms with Gasteiger partial charge in [0.2, 0.25) is 0 Å². The molecule has 0 bridgehead atoms. The van der Waals surface area contributed by atoms with Crippen LogP contribution in [0.1, 0.15) is 17.3 Å². The molecule has 0 radical (unpaired) electrons. The van der Waals surface area contributed by atoms with Crippen molar-refractivity contribution in [3.63, 3.8) is 0 Å². The van der Waals surface area contributed by atoms with Crippen LogP contribution in [0.15, 0.2) is 22.7 Å². The number of benzene rings is 1. The molecule has 0 heterocycles. The lowest BCUT2D eigenvalue weighted by molar-refractivity contribution is -0.117. The fraction of sp³-hybridized carbons (Fsp3) is 0.417. The molecule has 0 aliphatic heterocycles. The number of carbonyl (C=O) groups excluding carboxylic acids is 1. The zero-order valence-electron chi connectivity index (χ0n) is 10.4. The molecule has 100 valence electrons. The average molecular weight is 318 g/mol. The number of hydrogen-bond acceptors (Lipinski definition) is 4. The summed E-state index contributed by atoms with van der Waals surface area (Å²) < 4.78 is 10.6. The van der Waals surface area contributed by atoms with Gasteiger partial charge in [0, 0.05) is 19.8 Å². The van der Waals surface area contributed by atoms with Crippen LogP contribution >= 0.6 is 15.9 Å². The Labute approximate surface area is 114 Å². The summed E-state index contributed by atoms with van der Waals surface area (Å²) in [5.41, 5.74) is 0.369. The van der Waals surface area contributed by atoms with Gasteiger partial charge in [-0.1, -0.05) is 0 Å². The molecule has 1 rings (SSSR count). The van der Waals surface area contributed by atoms with Crippen molar-refractivity contribution >= 4 is 21.8 Å². The number of carbonyl (C=O) groups is 1. The first-order chi connectivity index (χ1) is 8.49. The molecular formula is C12H16BrNO4. The number of aromatic hydroxyl groups is 1. The first-order valence-corrected chi connectivity index (χ1v) is 6.14. The smallest absolute Gasteiger partial charge is 0.251 e. The largest absolute Gasteiger partial charge is 0.507 e. The second kappa shape index (κ2) is 6.72. The van der Waals surface area contributed by atoms with Crippen LogP contribution < -0.4 is 5.32 Å². The van der Waals surface area contributed by atoms with Crippen LogP contribution in [0.4, 0.5) is 0 Å². The van der Waals surface area contributed by atoms with E-state index >= 15 is 0 Å². The van der Waals surface area contributed by atoms with Crippen LogP contribution in [0.25, 0.3) is 0 Å². The molecule has 18 heavy (non-hydrogen) atoms. The van der Waals surface area contributed by atoms with E-state index in [0.717, 1.165) is 0 Å². The summed E-state index contributed by atoms with van der Waals surface area (Å²) in [6, 6.07) is 4.30. The minimum absolute atomic E-state index is 0.0188. The third kappa shape index (κ3) is 3.69. The van der Waals surface area contributed by atoms with Crippen LogP contribution in [-0.4, -0.2) is 37.6 Å². The van der Waals surface area contributed by atoms with Crippen LogP contribution in [0, 0.1) is 0 Å². The summed E-state index contributed by atoms with van der Waals surface area (Å²) >= 11 is 3.15. The SMILES string of the molecule is COC(OC)C(C)NC(=O)c1ccc(Br)c(O)c1. The summed E-state index contributed by atoms with van der Waals surface area (Å²) in [6.45, 7) is 1.77. The van der Waals surface area contributed by atoms with Crippen molar-refractivity contribution in [2.24, 2.45) is 0 Å². The molecule has 0 saturated carbocycles. The molecule has 0 spiro atoms. The highest BCUT2D eigenvalue weighted by Crippen LogP contribution is 2.24. The molecule has 0 fully saturated rings. The van der Waals surface area contributed by atoms with Crippen LogP contribution in [0.3, 0.4) is 0 Å². The van der Waals surface area contributed by atoms with Gasteiger partial charge in [0.05, 0.1) is 10.5 Å². The Kier molecular flexibility index (Phi) is 5.58. The minimum atomic E-state index is -0.516. The van der Waals surface area contributed by atoms with Crippen molar-refractivity contribution in [3.05, 3.63) is 28.2 Å². The molecule has 0 aliphatic rings. The molecule has 5 nitrogen and oxygen atoms in total. The summed E-state index contributed by atoms with van der Waals surface area (Å²) in [4.78, 5) is 11.9. The van der Waals surface area contributed by atoms with E-state index in [0.29, 0.717) is 10.0 Å². The Bertz CT molecular complexity index is 421. The average Bonchev–Trinajstić information content (AvgIpc) is 2.34. The highest BCUT2D eigenvalue weighted by atomic mass is 79.9. The van der Waals surface area contributed by atoms with E-state index in [2.05, 4.69) is 21.2 Å². The third-order valence-electron chi connectivity index (χ3n) is 2.44. The number of nitrogens with one attached hydrogen (secondary N) is 1. The quantitative estimate of drug-likeness (QED) is 0.814. The minimum Gasteiger partial charge on any atom is -0.507 e. The number of phenols is 1. The fourth-order valence-corrected chi connectivity index (χ4v) is 1.76. The molecule has 1 unspecified atom stereocenters. The number of amides is 1. The van der Waals surface area contributed by atoms with Gasteiger partial charge in [0.25, 0.3) is 5.91 Å². The standard InChI is InChI=1S/C12H16BrNO4/c1-7(12(17-2)18-3)14-11(16)8-4-5-9(13)10(15)6-8/h4-7,12,15H,1-3H3,(H,14,16). The maximum atomic E-state index is 11.9. The summed E-state index contributed by atoms with van der Waals surface area (Å²) in [5.74, 6) is -0.283. The maximum Gasteiger partial charge on any atom is 0.251 e. The van der Waals surface area contributed by atoms with Gasteiger partial charge in [0.15, 0.2) is 6.29 Å². The van der Waals surface area contributed by atoms with E-state index in [1.807, 2.05) is 0 Å². The number of halogens is 1. The topological polar surface area (TPSA) is 67.8 Å². The number of methoxy groups -OCH3 is 2. The fourth-order valence-electron chi connectivity index (χ4n) is 1.52. The predicted molar refractivity (Wildman–Crippen MR) is 70.5 cm³/mol. The van der Waals surface area contributed by atoms with Crippen molar-refractivity contribution in [1.82, 2.24) is 5.32 Å². The van der Waals surface area contributed by atoms with Crippen molar-refractivity contribution in [1.29, 1.82) is 0 Å².